The van der Waals surface area contributed by atoms with Gasteiger partial charge in [-0.05, 0) is 30.2 Å². The van der Waals surface area contributed by atoms with E-state index in [1.165, 1.54) is 37.0 Å². The van der Waals surface area contributed by atoms with Gasteiger partial charge in [-0.2, -0.15) is 0 Å². The molecule has 0 saturated heterocycles. The van der Waals surface area contributed by atoms with Gasteiger partial charge in [0.2, 0.25) is 0 Å². The summed E-state index contributed by atoms with van der Waals surface area (Å²) in [6, 6.07) is 2.04. The maximum absolute atomic E-state index is 8.73. The van der Waals surface area contributed by atoms with Crippen LogP contribution in [-0.4, -0.2) is 18.3 Å². The lowest BCUT2D eigenvalue weighted by atomic mass is 9.90. The Morgan fingerprint density at radius 2 is 2.16 bits per heavy atom. The van der Waals surface area contributed by atoms with Crippen molar-refractivity contribution in [2.24, 2.45) is 5.92 Å². The largest absolute Gasteiger partial charge is 0.395 e. The standard InChI is InChI=1S/C16H22O2S/c17-10-5-4-8-15-9-11-19-16(15)13-18-12-14-6-2-1-3-7-14/h9,11,14,17H,1-3,5-7,10,12-13H2. The Hall–Kier alpha value is -0.820. The monoisotopic (exact) mass is 278 g/mol. The number of aliphatic hydroxyl groups excluding tert-OH is 1. The van der Waals surface area contributed by atoms with Crippen LogP contribution in [0.15, 0.2) is 11.4 Å². The summed E-state index contributed by atoms with van der Waals surface area (Å²) < 4.78 is 5.86. The summed E-state index contributed by atoms with van der Waals surface area (Å²) in [7, 11) is 0. The first-order valence-electron chi connectivity index (χ1n) is 7.14. The van der Waals surface area contributed by atoms with Crippen molar-refractivity contribution < 1.29 is 9.84 Å². The predicted octanol–water partition coefficient (Wildman–Crippen LogP) is 3.58. The van der Waals surface area contributed by atoms with Crippen LogP contribution in [0, 0.1) is 17.8 Å². The molecule has 1 fully saturated rings. The summed E-state index contributed by atoms with van der Waals surface area (Å²) in [5.41, 5.74) is 1.06. The first-order valence-corrected chi connectivity index (χ1v) is 8.02. The van der Waals surface area contributed by atoms with Crippen molar-refractivity contribution in [1.82, 2.24) is 0 Å². The summed E-state index contributed by atoms with van der Waals surface area (Å²) >= 11 is 1.70. The number of thiophene rings is 1. The fraction of sp³-hybridized carbons (Fsp3) is 0.625. The summed E-state index contributed by atoms with van der Waals surface area (Å²) in [6.45, 7) is 1.70. The summed E-state index contributed by atoms with van der Waals surface area (Å²) in [6.07, 6.45) is 7.32. The van der Waals surface area contributed by atoms with Gasteiger partial charge in [0.1, 0.15) is 0 Å². The molecule has 0 bridgehead atoms. The molecule has 1 aromatic heterocycles. The number of aliphatic hydroxyl groups is 1. The first-order chi connectivity index (χ1) is 9.40. The highest BCUT2D eigenvalue weighted by molar-refractivity contribution is 7.10. The molecule has 3 heteroatoms. The summed E-state index contributed by atoms with van der Waals surface area (Å²) in [4.78, 5) is 1.21. The highest BCUT2D eigenvalue weighted by Gasteiger charge is 2.13. The number of hydrogen-bond acceptors (Lipinski definition) is 3. The maximum Gasteiger partial charge on any atom is 0.0822 e. The van der Waals surface area contributed by atoms with Gasteiger partial charge in [-0.3, -0.25) is 0 Å². The van der Waals surface area contributed by atoms with Crippen LogP contribution in [0.2, 0.25) is 0 Å². The molecule has 0 aliphatic heterocycles. The lowest BCUT2D eigenvalue weighted by Crippen LogP contribution is -2.13. The Bertz CT molecular complexity index is 421. The molecule has 0 unspecified atom stereocenters. The van der Waals surface area contributed by atoms with Crippen molar-refractivity contribution >= 4 is 11.3 Å². The van der Waals surface area contributed by atoms with Crippen LogP contribution < -0.4 is 0 Å². The van der Waals surface area contributed by atoms with Crippen molar-refractivity contribution in [3.8, 4) is 11.8 Å². The first kappa shape index (κ1) is 14.6. The van der Waals surface area contributed by atoms with Gasteiger partial charge < -0.3 is 9.84 Å². The molecule has 1 aromatic rings. The van der Waals surface area contributed by atoms with E-state index >= 15 is 0 Å². The molecular weight excluding hydrogens is 256 g/mol. The van der Waals surface area contributed by atoms with Crippen LogP contribution in [0.25, 0.3) is 0 Å². The lowest BCUT2D eigenvalue weighted by Gasteiger charge is -2.21. The zero-order chi connectivity index (χ0) is 13.3. The molecule has 1 N–H and O–H groups in total. The van der Waals surface area contributed by atoms with Crippen molar-refractivity contribution in [3.05, 3.63) is 21.9 Å². The van der Waals surface area contributed by atoms with E-state index in [0.29, 0.717) is 13.0 Å². The molecular formula is C16H22O2S. The van der Waals surface area contributed by atoms with Gasteiger partial charge in [-0.25, -0.2) is 0 Å². The Balaban J connectivity index is 1.76. The van der Waals surface area contributed by atoms with Gasteiger partial charge in [0.15, 0.2) is 0 Å². The van der Waals surface area contributed by atoms with Crippen LogP contribution >= 0.6 is 11.3 Å². The van der Waals surface area contributed by atoms with Crippen molar-refractivity contribution in [2.45, 2.75) is 45.1 Å². The molecule has 1 heterocycles. The zero-order valence-corrected chi connectivity index (χ0v) is 12.2. The molecule has 19 heavy (non-hydrogen) atoms. The van der Waals surface area contributed by atoms with E-state index < -0.39 is 0 Å². The van der Waals surface area contributed by atoms with E-state index in [1.54, 1.807) is 11.3 Å². The Morgan fingerprint density at radius 3 is 2.95 bits per heavy atom. The second-order valence-corrected chi connectivity index (χ2v) is 6.05. The quantitative estimate of drug-likeness (QED) is 0.834. The van der Waals surface area contributed by atoms with Crippen molar-refractivity contribution in [1.29, 1.82) is 0 Å². The van der Waals surface area contributed by atoms with Gasteiger partial charge in [0.05, 0.1) is 13.2 Å². The highest BCUT2D eigenvalue weighted by Crippen LogP contribution is 2.24. The smallest absolute Gasteiger partial charge is 0.0822 e. The fourth-order valence-corrected chi connectivity index (χ4v) is 3.22. The molecule has 1 aliphatic carbocycles. The number of rotatable bonds is 5. The van der Waals surface area contributed by atoms with Gasteiger partial charge in [-0.1, -0.05) is 31.1 Å². The van der Waals surface area contributed by atoms with Gasteiger partial charge in [0, 0.05) is 23.5 Å². The predicted molar refractivity (Wildman–Crippen MR) is 79.1 cm³/mol. The summed E-state index contributed by atoms with van der Waals surface area (Å²) in [5.74, 6) is 6.83. The van der Waals surface area contributed by atoms with Crippen molar-refractivity contribution in [3.63, 3.8) is 0 Å². The Kier molecular flexibility index (Phi) is 6.43. The second kappa shape index (κ2) is 8.37. The van der Waals surface area contributed by atoms with E-state index in [2.05, 4.69) is 17.2 Å². The average molecular weight is 278 g/mol. The Labute approximate surface area is 119 Å². The maximum atomic E-state index is 8.73. The molecule has 0 amide bonds. The number of hydrogen-bond donors (Lipinski definition) is 1. The van der Waals surface area contributed by atoms with E-state index in [0.717, 1.165) is 18.1 Å². The molecule has 0 spiro atoms. The van der Waals surface area contributed by atoms with Crippen LogP contribution in [0.3, 0.4) is 0 Å². The average Bonchev–Trinajstić information content (AvgIpc) is 2.88. The summed E-state index contributed by atoms with van der Waals surface area (Å²) in [5, 5.41) is 10.8. The molecule has 0 atom stereocenters. The Morgan fingerprint density at radius 1 is 1.32 bits per heavy atom. The molecule has 1 aliphatic rings. The molecule has 2 rings (SSSR count). The molecule has 0 radical (unpaired) electrons. The second-order valence-electron chi connectivity index (χ2n) is 5.05. The molecule has 0 aromatic carbocycles. The fourth-order valence-electron chi connectivity index (χ4n) is 2.45. The van der Waals surface area contributed by atoms with Gasteiger partial charge in [-0.15, -0.1) is 11.3 Å². The zero-order valence-electron chi connectivity index (χ0n) is 11.4. The van der Waals surface area contributed by atoms with E-state index in [-0.39, 0.29) is 6.61 Å². The highest BCUT2D eigenvalue weighted by atomic mass is 32.1. The van der Waals surface area contributed by atoms with Crippen molar-refractivity contribution in [2.75, 3.05) is 13.2 Å². The normalized spacial score (nSPS) is 16.1. The minimum absolute atomic E-state index is 0.130. The van der Waals surface area contributed by atoms with Gasteiger partial charge in [0.25, 0.3) is 0 Å². The number of ether oxygens (including phenoxy) is 1. The molecule has 2 nitrogen and oxygen atoms in total. The molecule has 1 saturated carbocycles. The van der Waals surface area contributed by atoms with E-state index in [4.69, 9.17) is 9.84 Å². The SMILES string of the molecule is OCCC#Cc1ccsc1COCC1CCCCC1. The van der Waals surface area contributed by atoms with Gasteiger partial charge >= 0.3 is 0 Å². The minimum Gasteiger partial charge on any atom is -0.395 e. The van der Waals surface area contributed by atoms with Crippen LogP contribution in [-0.2, 0) is 11.3 Å². The topological polar surface area (TPSA) is 29.5 Å². The van der Waals surface area contributed by atoms with E-state index in [1.807, 2.05) is 6.07 Å². The third kappa shape index (κ3) is 4.99. The minimum atomic E-state index is 0.130. The molecule has 104 valence electrons. The third-order valence-electron chi connectivity index (χ3n) is 3.52. The van der Waals surface area contributed by atoms with Crippen LogP contribution in [0.4, 0.5) is 0 Å². The van der Waals surface area contributed by atoms with Crippen LogP contribution in [0.5, 0.6) is 0 Å². The van der Waals surface area contributed by atoms with E-state index in [9.17, 15) is 0 Å². The lowest BCUT2D eigenvalue weighted by molar-refractivity contribution is 0.0754. The third-order valence-corrected chi connectivity index (χ3v) is 4.41. The van der Waals surface area contributed by atoms with Crippen LogP contribution in [0.1, 0.15) is 49.0 Å².